The first-order valence-corrected chi connectivity index (χ1v) is 9.69. The van der Waals surface area contributed by atoms with Crippen molar-refractivity contribution in [1.82, 2.24) is 0 Å². The van der Waals surface area contributed by atoms with Gasteiger partial charge in [0.25, 0.3) is 0 Å². The molecule has 0 unspecified atom stereocenters. The first kappa shape index (κ1) is 24.1. The van der Waals surface area contributed by atoms with Gasteiger partial charge in [-0.25, -0.2) is 9.59 Å². The van der Waals surface area contributed by atoms with Crippen molar-refractivity contribution in [3.8, 4) is 11.5 Å². The molecule has 0 fully saturated rings. The fourth-order valence-electron chi connectivity index (χ4n) is 2.45. The fourth-order valence-corrected chi connectivity index (χ4v) is 2.45. The molecule has 0 heterocycles. The number of carbonyl (C=O) groups is 2. The lowest BCUT2D eigenvalue weighted by Crippen LogP contribution is -2.24. The second-order valence-corrected chi connectivity index (χ2v) is 6.17. The zero-order valence-corrected chi connectivity index (χ0v) is 17.7. The molecule has 2 aromatic carbocycles. The predicted octanol–water partition coefficient (Wildman–Crippen LogP) is 3.72. The van der Waals surface area contributed by atoms with Gasteiger partial charge in [0.1, 0.15) is 22.6 Å². The third kappa shape index (κ3) is 7.56. The second kappa shape index (κ2) is 13.2. The van der Waals surface area contributed by atoms with Crippen LogP contribution < -0.4 is 9.47 Å². The number of benzene rings is 2. The van der Waals surface area contributed by atoms with Crippen LogP contribution in [0.4, 0.5) is 0 Å². The first-order chi connectivity index (χ1) is 15.1. The summed E-state index contributed by atoms with van der Waals surface area (Å²) in [5.74, 6) is -0.946. The van der Waals surface area contributed by atoms with Gasteiger partial charge in [0.05, 0.1) is 20.8 Å². The molecule has 0 aliphatic carbocycles. The van der Waals surface area contributed by atoms with E-state index in [4.69, 9.17) is 33.8 Å². The SMILES string of the molecule is CCCOCCC(OOC(=O)c1ccccc1OC)OOC(=O)c1ccccc1OC. The van der Waals surface area contributed by atoms with Crippen LogP contribution in [0.3, 0.4) is 0 Å². The Bertz CT molecular complexity index is 774. The Morgan fingerprint density at radius 3 is 1.71 bits per heavy atom. The van der Waals surface area contributed by atoms with Crippen molar-refractivity contribution in [2.45, 2.75) is 26.1 Å². The molecule has 31 heavy (non-hydrogen) atoms. The van der Waals surface area contributed by atoms with E-state index in [1.54, 1.807) is 36.4 Å². The molecule has 9 heteroatoms. The van der Waals surface area contributed by atoms with Crippen molar-refractivity contribution >= 4 is 11.9 Å². The summed E-state index contributed by atoms with van der Waals surface area (Å²) in [5.41, 5.74) is 0.328. The number of rotatable bonds is 13. The smallest absolute Gasteiger partial charge is 0.376 e. The van der Waals surface area contributed by atoms with Crippen molar-refractivity contribution in [3.05, 3.63) is 59.7 Å². The van der Waals surface area contributed by atoms with Crippen LogP contribution >= 0.6 is 0 Å². The minimum absolute atomic E-state index is 0.137. The van der Waals surface area contributed by atoms with Crippen LogP contribution in [0.25, 0.3) is 0 Å². The average molecular weight is 434 g/mol. The van der Waals surface area contributed by atoms with Crippen LogP contribution in [-0.2, 0) is 24.3 Å². The maximum atomic E-state index is 12.3. The number of hydrogen-bond donors (Lipinski definition) is 0. The normalized spacial score (nSPS) is 10.6. The van der Waals surface area contributed by atoms with E-state index in [1.807, 2.05) is 6.92 Å². The van der Waals surface area contributed by atoms with E-state index < -0.39 is 18.2 Å². The minimum Gasteiger partial charge on any atom is -0.496 e. The summed E-state index contributed by atoms with van der Waals surface area (Å²) in [5, 5.41) is 0. The number of methoxy groups -OCH3 is 2. The van der Waals surface area contributed by atoms with Crippen LogP contribution in [0.2, 0.25) is 0 Å². The van der Waals surface area contributed by atoms with E-state index in [-0.39, 0.29) is 24.2 Å². The van der Waals surface area contributed by atoms with Gasteiger partial charge in [-0.1, -0.05) is 31.2 Å². The van der Waals surface area contributed by atoms with Crippen molar-refractivity contribution in [3.63, 3.8) is 0 Å². The molecule has 168 valence electrons. The quantitative estimate of drug-likeness (QED) is 0.202. The highest BCUT2D eigenvalue weighted by molar-refractivity contribution is 5.92. The molecule has 0 radical (unpaired) electrons. The molecule has 0 spiro atoms. The van der Waals surface area contributed by atoms with Gasteiger partial charge in [0, 0.05) is 13.0 Å². The molecular formula is C22H26O9. The monoisotopic (exact) mass is 434 g/mol. The second-order valence-electron chi connectivity index (χ2n) is 6.17. The topological polar surface area (TPSA) is 98.8 Å². The lowest BCUT2D eigenvalue weighted by atomic mass is 10.2. The van der Waals surface area contributed by atoms with Crippen LogP contribution in [0.5, 0.6) is 11.5 Å². The maximum absolute atomic E-state index is 12.3. The van der Waals surface area contributed by atoms with E-state index in [0.29, 0.717) is 18.1 Å². The lowest BCUT2D eigenvalue weighted by molar-refractivity contribution is -0.422. The molecule has 0 bridgehead atoms. The standard InChI is InChI=1S/C22H26O9/c1-4-14-27-15-13-20(28-30-21(23)16-9-5-7-11-18(16)25-2)29-31-22(24)17-10-6-8-12-19(17)26-3/h5-12,20H,4,13-15H2,1-3H3. The number of ether oxygens (including phenoxy) is 3. The van der Waals surface area contributed by atoms with Crippen LogP contribution in [0.1, 0.15) is 40.5 Å². The van der Waals surface area contributed by atoms with Crippen molar-refractivity contribution in [2.75, 3.05) is 27.4 Å². The Kier molecular flexibility index (Phi) is 10.3. The summed E-state index contributed by atoms with van der Waals surface area (Å²) in [7, 11) is 2.86. The summed E-state index contributed by atoms with van der Waals surface area (Å²) < 4.78 is 15.6. The maximum Gasteiger partial charge on any atom is 0.376 e. The van der Waals surface area contributed by atoms with Crippen LogP contribution in [0, 0.1) is 0 Å². The Morgan fingerprint density at radius 1 is 0.774 bits per heavy atom. The third-order valence-corrected chi connectivity index (χ3v) is 3.96. The number of carbonyl (C=O) groups excluding carboxylic acids is 2. The lowest BCUT2D eigenvalue weighted by Gasteiger charge is -2.16. The zero-order valence-electron chi connectivity index (χ0n) is 17.7. The molecule has 9 nitrogen and oxygen atoms in total. The summed E-state index contributed by atoms with van der Waals surface area (Å²) in [4.78, 5) is 44.5. The summed E-state index contributed by atoms with van der Waals surface area (Å²) in [6.07, 6.45) is -0.245. The summed E-state index contributed by atoms with van der Waals surface area (Å²) in [6, 6.07) is 13.0. The van der Waals surface area contributed by atoms with Gasteiger partial charge in [0.15, 0.2) is 0 Å². The van der Waals surface area contributed by atoms with Gasteiger partial charge in [0.2, 0.25) is 6.29 Å². The molecule has 0 aliphatic rings. The first-order valence-electron chi connectivity index (χ1n) is 9.69. The molecule has 0 aromatic heterocycles. The molecule has 0 saturated heterocycles. The molecular weight excluding hydrogens is 408 g/mol. The van der Waals surface area contributed by atoms with E-state index in [1.165, 1.54) is 26.4 Å². The van der Waals surface area contributed by atoms with E-state index in [9.17, 15) is 9.59 Å². The fraction of sp³-hybridized carbons (Fsp3) is 0.364. The summed E-state index contributed by atoms with van der Waals surface area (Å²) >= 11 is 0. The van der Waals surface area contributed by atoms with E-state index >= 15 is 0 Å². The highest BCUT2D eigenvalue weighted by atomic mass is 17.3. The largest absolute Gasteiger partial charge is 0.496 e. The highest BCUT2D eigenvalue weighted by Gasteiger charge is 2.22. The van der Waals surface area contributed by atoms with Gasteiger partial charge in [-0.3, -0.25) is 9.78 Å². The third-order valence-electron chi connectivity index (χ3n) is 3.96. The molecule has 2 aromatic rings. The average Bonchev–Trinajstić information content (AvgIpc) is 2.82. The van der Waals surface area contributed by atoms with Crippen molar-refractivity contribution < 1.29 is 43.3 Å². The molecule has 2 rings (SSSR count). The van der Waals surface area contributed by atoms with Gasteiger partial charge in [-0.05, 0) is 30.7 Å². The van der Waals surface area contributed by atoms with E-state index in [2.05, 4.69) is 0 Å². The molecule has 0 saturated carbocycles. The molecule has 0 amide bonds. The van der Waals surface area contributed by atoms with Gasteiger partial charge < -0.3 is 14.2 Å². The molecule has 0 atom stereocenters. The zero-order chi connectivity index (χ0) is 22.5. The van der Waals surface area contributed by atoms with Gasteiger partial charge in [-0.15, -0.1) is 9.78 Å². The van der Waals surface area contributed by atoms with Gasteiger partial charge >= 0.3 is 11.9 Å². The Hall–Kier alpha value is -3.14. The van der Waals surface area contributed by atoms with Gasteiger partial charge in [-0.2, -0.15) is 0 Å². The molecule has 0 N–H and O–H groups in total. The van der Waals surface area contributed by atoms with Crippen molar-refractivity contribution in [1.29, 1.82) is 0 Å². The summed E-state index contributed by atoms with van der Waals surface area (Å²) in [6.45, 7) is 2.74. The predicted molar refractivity (Wildman–Crippen MR) is 109 cm³/mol. The Balaban J connectivity index is 1.97. The number of para-hydroxylation sites is 2. The Morgan fingerprint density at radius 2 is 1.26 bits per heavy atom. The number of hydrogen-bond acceptors (Lipinski definition) is 9. The van der Waals surface area contributed by atoms with E-state index in [0.717, 1.165) is 6.42 Å². The minimum atomic E-state index is -1.21. The molecule has 0 aliphatic heterocycles. The van der Waals surface area contributed by atoms with Crippen LogP contribution in [-0.4, -0.2) is 45.7 Å². The van der Waals surface area contributed by atoms with Crippen molar-refractivity contribution in [2.24, 2.45) is 0 Å². The van der Waals surface area contributed by atoms with Crippen LogP contribution in [0.15, 0.2) is 48.5 Å². The highest BCUT2D eigenvalue weighted by Crippen LogP contribution is 2.20. The Labute approximate surface area is 180 Å².